The van der Waals surface area contributed by atoms with Crippen molar-refractivity contribution in [3.05, 3.63) is 112 Å². The second-order valence-corrected chi connectivity index (χ2v) is 10.8. The van der Waals surface area contributed by atoms with Crippen LogP contribution < -0.4 is 0 Å². The molecule has 5 rings (SSSR count). The molecule has 1 unspecified atom stereocenters. The Morgan fingerprint density at radius 3 is 2.30 bits per heavy atom. The van der Waals surface area contributed by atoms with E-state index in [-0.39, 0.29) is 16.7 Å². The fourth-order valence-corrected chi connectivity index (χ4v) is 5.07. The zero-order valence-corrected chi connectivity index (χ0v) is 21.7. The molecule has 0 bridgehead atoms. The van der Waals surface area contributed by atoms with Crippen molar-refractivity contribution in [3.63, 3.8) is 0 Å². The number of para-hydroxylation sites is 1. The lowest BCUT2D eigenvalue weighted by Gasteiger charge is -2.26. The van der Waals surface area contributed by atoms with Crippen molar-refractivity contribution < 1.29 is 14.7 Å². The van der Waals surface area contributed by atoms with Gasteiger partial charge in [-0.15, -0.1) is 0 Å². The van der Waals surface area contributed by atoms with Gasteiger partial charge < -0.3 is 15.0 Å². The SMILES string of the molecule is Cc1ccc(/C(O)=C2\C(=O)C(=O)N(CCc3c[nH]c4ccccc34)C2c2ccc(C(C)(C)C)cc2)cc1. The minimum absolute atomic E-state index is 0.0302. The van der Waals surface area contributed by atoms with E-state index in [9.17, 15) is 14.7 Å². The highest BCUT2D eigenvalue weighted by Crippen LogP contribution is 2.40. The van der Waals surface area contributed by atoms with E-state index in [0.29, 0.717) is 18.5 Å². The van der Waals surface area contributed by atoms with Gasteiger partial charge in [0, 0.05) is 29.2 Å². The van der Waals surface area contributed by atoms with Crippen molar-refractivity contribution in [2.75, 3.05) is 6.54 Å². The maximum atomic E-state index is 13.4. The summed E-state index contributed by atoms with van der Waals surface area (Å²) in [5, 5.41) is 12.4. The zero-order valence-electron chi connectivity index (χ0n) is 21.7. The number of aromatic nitrogens is 1. The number of hydrogen-bond donors (Lipinski definition) is 2. The Hall–Kier alpha value is -4.12. The molecule has 0 spiro atoms. The molecule has 37 heavy (non-hydrogen) atoms. The second-order valence-electron chi connectivity index (χ2n) is 10.8. The van der Waals surface area contributed by atoms with E-state index in [1.54, 1.807) is 17.0 Å². The summed E-state index contributed by atoms with van der Waals surface area (Å²) >= 11 is 0. The first kappa shape index (κ1) is 24.6. The lowest BCUT2D eigenvalue weighted by Crippen LogP contribution is -2.31. The molecule has 188 valence electrons. The van der Waals surface area contributed by atoms with Gasteiger partial charge in [0.15, 0.2) is 0 Å². The number of H-pyrrole nitrogens is 1. The van der Waals surface area contributed by atoms with E-state index >= 15 is 0 Å². The first-order valence-corrected chi connectivity index (χ1v) is 12.7. The first-order valence-electron chi connectivity index (χ1n) is 12.7. The second kappa shape index (κ2) is 9.40. The van der Waals surface area contributed by atoms with Gasteiger partial charge in [-0.2, -0.15) is 0 Å². The third-order valence-corrected chi connectivity index (χ3v) is 7.25. The number of carbonyl (C=O) groups is 2. The number of likely N-dealkylation sites (tertiary alicyclic amines) is 1. The molecule has 1 aliphatic heterocycles. The molecular formula is C32H32N2O3. The maximum absolute atomic E-state index is 13.4. The molecule has 1 amide bonds. The molecule has 1 atom stereocenters. The summed E-state index contributed by atoms with van der Waals surface area (Å²) in [6, 6.07) is 22.7. The Labute approximate surface area is 217 Å². The van der Waals surface area contributed by atoms with Gasteiger partial charge in [-0.3, -0.25) is 9.59 Å². The van der Waals surface area contributed by atoms with Gasteiger partial charge in [-0.05, 0) is 41.5 Å². The lowest BCUT2D eigenvalue weighted by molar-refractivity contribution is -0.139. The van der Waals surface area contributed by atoms with E-state index in [1.807, 2.05) is 67.7 Å². The fraction of sp³-hybridized carbons (Fsp3) is 0.250. The lowest BCUT2D eigenvalue weighted by atomic mass is 9.85. The van der Waals surface area contributed by atoms with E-state index in [4.69, 9.17) is 0 Å². The van der Waals surface area contributed by atoms with Gasteiger partial charge >= 0.3 is 0 Å². The quantitative estimate of drug-likeness (QED) is 0.191. The molecule has 5 nitrogen and oxygen atoms in total. The number of carbonyl (C=O) groups excluding carboxylic acids is 2. The third-order valence-electron chi connectivity index (χ3n) is 7.25. The number of ketones is 1. The summed E-state index contributed by atoms with van der Waals surface area (Å²) in [6.45, 7) is 8.75. The highest BCUT2D eigenvalue weighted by Gasteiger charge is 2.46. The largest absolute Gasteiger partial charge is 0.507 e. The molecule has 1 aromatic heterocycles. The standard InChI is InChI=1S/C32H32N2O3/c1-20-9-11-22(12-10-20)29(35)27-28(21-13-15-24(16-14-21)32(2,3)4)34(31(37)30(27)36)18-17-23-19-33-26-8-6-5-7-25(23)26/h5-16,19,28,33,35H,17-18H2,1-4H3/b29-27+. The van der Waals surface area contributed by atoms with Crippen LogP contribution in [0.1, 0.15) is 54.6 Å². The van der Waals surface area contributed by atoms with Crippen LogP contribution in [0.15, 0.2) is 84.6 Å². The Balaban J connectivity index is 1.57. The highest BCUT2D eigenvalue weighted by molar-refractivity contribution is 6.46. The minimum Gasteiger partial charge on any atom is -0.507 e. The van der Waals surface area contributed by atoms with E-state index < -0.39 is 17.7 Å². The number of aliphatic hydroxyl groups excluding tert-OH is 1. The summed E-state index contributed by atoms with van der Waals surface area (Å²) in [4.78, 5) is 31.6. The van der Waals surface area contributed by atoms with Crippen molar-refractivity contribution in [3.8, 4) is 0 Å². The number of aliphatic hydroxyl groups is 1. The molecule has 1 aliphatic rings. The van der Waals surface area contributed by atoms with Crippen molar-refractivity contribution in [1.82, 2.24) is 9.88 Å². The normalized spacial score (nSPS) is 17.6. The average molecular weight is 493 g/mol. The number of amides is 1. The van der Waals surface area contributed by atoms with E-state index in [2.05, 4.69) is 31.8 Å². The molecule has 3 aromatic carbocycles. The van der Waals surface area contributed by atoms with Crippen molar-refractivity contribution in [1.29, 1.82) is 0 Å². The zero-order chi connectivity index (χ0) is 26.3. The molecule has 0 saturated carbocycles. The summed E-state index contributed by atoms with van der Waals surface area (Å²) < 4.78 is 0. The fourth-order valence-electron chi connectivity index (χ4n) is 5.07. The van der Waals surface area contributed by atoms with E-state index in [0.717, 1.165) is 33.2 Å². The van der Waals surface area contributed by atoms with Crippen molar-refractivity contribution in [2.45, 2.75) is 45.6 Å². The van der Waals surface area contributed by atoms with Gasteiger partial charge in [-0.1, -0.05) is 93.1 Å². The van der Waals surface area contributed by atoms with Gasteiger partial charge in [-0.25, -0.2) is 0 Å². The molecule has 0 aliphatic carbocycles. The topological polar surface area (TPSA) is 73.4 Å². The predicted octanol–water partition coefficient (Wildman–Crippen LogP) is 6.44. The molecule has 2 heterocycles. The van der Waals surface area contributed by atoms with Crippen LogP contribution in [0.25, 0.3) is 16.7 Å². The first-order chi connectivity index (χ1) is 17.6. The molecule has 0 radical (unpaired) electrons. The Bertz CT molecular complexity index is 1500. The minimum atomic E-state index is -0.666. The van der Waals surface area contributed by atoms with Crippen LogP contribution in [0.3, 0.4) is 0 Å². The molecular weight excluding hydrogens is 460 g/mol. The highest BCUT2D eigenvalue weighted by atomic mass is 16.3. The number of benzene rings is 3. The monoisotopic (exact) mass is 492 g/mol. The number of Topliss-reactive ketones (excluding diaryl/α,β-unsaturated/α-hetero) is 1. The molecule has 5 heteroatoms. The number of nitrogens with one attached hydrogen (secondary N) is 1. The summed E-state index contributed by atoms with van der Waals surface area (Å²) in [5.74, 6) is -1.38. The molecule has 4 aromatic rings. The van der Waals surface area contributed by atoms with Gasteiger partial charge in [0.2, 0.25) is 0 Å². The number of fused-ring (bicyclic) bond motifs is 1. The summed E-state index contributed by atoms with van der Waals surface area (Å²) in [6.07, 6.45) is 2.54. The number of aryl methyl sites for hydroxylation is 1. The number of hydrogen-bond acceptors (Lipinski definition) is 3. The van der Waals surface area contributed by atoms with Gasteiger partial charge in [0.25, 0.3) is 11.7 Å². The number of aromatic amines is 1. The van der Waals surface area contributed by atoms with Crippen LogP contribution in [-0.2, 0) is 21.4 Å². The van der Waals surface area contributed by atoms with Crippen LogP contribution in [0.2, 0.25) is 0 Å². The van der Waals surface area contributed by atoms with Crippen LogP contribution in [0.5, 0.6) is 0 Å². The van der Waals surface area contributed by atoms with Crippen molar-refractivity contribution in [2.24, 2.45) is 0 Å². The van der Waals surface area contributed by atoms with Crippen LogP contribution in [0, 0.1) is 6.92 Å². The Morgan fingerprint density at radius 2 is 1.62 bits per heavy atom. The average Bonchev–Trinajstić information content (AvgIpc) is 3.41. The summed E-state index contributed by atoms with van der Waals surface area (Å²) in [5.41, 5.74) is 5.76. The van der Waals surface area contributed by atoms with Crippen LogP contribution in [0.4, 0.5) is 0 Å². The predicted molar refractivity (Wildman–Crippen MR) is 147 cm³/mol. The Kier molecular flexibility index (Phi) is 6.24. The number of rotatable bonds is 5. The Morgan fingerprint density at radius 1 is 0.946 bits per heavy atom. The smallest absolute Gasteiger partial charge is 0.295 e. The summed E-state index contributed by atoms with van der Waals surface area (Å²) in [7, 11) is 0. The van der Waals surface area contributed by atoms with Crippen LogP contribution in [-0.4, -0.2) is 33.2 Å². The molecule has 1 fully saturated rings. The third kappa shape index (κ3) is 4.57. The molecule has 1 saturated heterocycles. The van der Waals surface area contributed by atoms with E-state index in [1.165, 1.54) is 0 Å². The maximum Gasteiger partial charge on any atom is 0.295 e. The molecule has 2 N–H and O–H groups in total. The van der Waals surface area contributed by atoms with Gasteiger partial charge in [0.05, 0.1) is 11.6 Å². The van der Waals surface area contributed by atoms with Crippen molar-refractivity contribution >= 4 is 28.4 Å². The van der Waals surface area contributed by atoms with Crippen LogP contribution >= 0.6 is 0 Å². The number of nitrogens with zero attached hydrogens (tertiary/aromatic N) is 1. The van der Waals surface area contributed by atoms with Gasteiger partial charge in [0.1, 0.15) is 5.76 Å².